The molecule has 2 amide bonds. The summed E-state index contributed by atoms with van der Waals surface area (Å²) < 4.78 is 0. The Morgan fingerprint density at radius 2 is 1.93 bits per heavy atom. The van der Waals surface area contributed by atoms with E-state index < -0.39 is 0 Å². The molecule has 3 rings (SSSR count). The Hall–Kier alpha value is -2.33. The van der Waals surface area contributed by atoms with Crippen LogP contribution < -0.4 is 5.32 Å². The Kier molecular flexibility index (Phi) is 6.88. The van der Waals surface area contributed by atoms with Crippen LogP contribution in [0, 0.1) is 5.92 Å². The fourth-order valence-corrected chi connectivity index (χ4v) is 3.66. The van der Waals surface area contributed by atoms with Crippen LogP contribution >= 0.6 is 11.6 Å². The summed E-state index contributed by atoms with van der Waals surface area (Å²) in [6.07, 6.45) is 3.52. The van der Waals surface area contributed by atoms with Crippen molar-refractivity contribution in [3.8, 4) is 0 Å². The molecule has 0 spiro atoms. The summed E-state index contributed by atoms with van der Waals surface area (Å²) in [5.41, 5.74) is 1.86. The molecule has 4 nitrogen and oxygen atoms in total. The van der Waals surface area contributed by atoms with Crippen LogP contribution in [-0.4, -0.2) is 36.3 Å². The Morgan fingerprint density at radius 1 is 1.11 bits per heavy atom. The van der Waals surface area contributed by atoms with E-state index in [9.17, 15) is 9.59 Å². The van der Waals surface area contributed by atoms with E-state index in [0.29, 0.717) is 30.2 Å². The van der Waals surface area contributed by atoms with Crippen molar-refractivity contribution in [2.24, 2.45) is 5.92 Å². The molecule has 1 N–H and O–H groups in total. The van der Waals surface area contributed by atoms with Gasteiger partial charge in [0.15, 0.2) is 0 Å². The van der Waals surface area contributed by atoms with Gasteiger partial charge in [-0.3, -0.25) is 9.59 Å². The second-order valence-electron chi connectivity index (χ2n) is 6.98. The minimum absolute atomic E-state index is 0.0478. The van der Waals surface area contributed by atoms with E-state index >= 15 is 0 Å². The molecule has 1 saturated heterocycles. The minimum Gasteiger partial charge on any atom is -0.356 e. The molecule has 2 aromatic rings. The smallest absolute Gasteiger partial charge is 0.253 e. The number of aryl methyl sites for hydroxylation is 1. The second-order valence-corrected chi connectivity index (χ2v) is 7.42. The van der Waals surface area contributed by atoms with E-state index in [1.807, 2.05) is 18.2 Å². The number of carbonyl (C=O) groups excluding carboxylic acids is 2. The molecule has 1 aliphatic rings. The van der Waals surface area contributed by atoms with Crippen LogP contribution in [0.3, 0.4) is 0 Å². The highest BCUT2D eigenvalue weighted by Crippen LogP contribution is 2.20. The number of benzene rings is 2. The molecule has 27 heavy (non-hydrogen) atoms. The molecule has 5 heteroatoms. The van der Waals surface area contributed by atoms with E-state index in [1.54, 1.807) is 29.2 Å². The third kappa shape index (κ3) is 5.57. The first-order chi connectivity index (χ1) is 13.1. The van der Waals surface area contributed by atoms with Crippen molar-refractivity contribution < 1.29 is 9.59 Å². The molecule has 0 aliphatic carbocycles. The van der Waals surface area contributed by atoms with Gasteiger partial charge in [0, 0.05) is 30.2 Å². The van der Waals surface area contributed by atoms with Crippen LogP contribution in [0.25, 0.3) is 0 Å². The zero-order valence-electron chi connectivity index (χ0n) is 15.4. The molecule has 0 radical (unpaired) electrons. The van der Waals surface area contributed by atoms with Gasteiger partial charge in [-0.1, -0.05) is 48.0 Å². The molecule has 0 saturated carbocycles. The van der Waals surface area contributed by atoms with Crippen LogP contribution in [-0.2, 0) is 11.2 Å². The van der Waals surface area contributed by atoms with E-state index in [0.717, 1.165) is 25.7 Å². The van der Waals surface area contributed by atoms with Gasteiger partial charge >= 0.3 is 0 Å². The number of halogens is 1. The number of rotatable bonds is 6. The van der Waals surface area contributed by atoms with Gasteiger partial charge in [0.2, 0.25) is 5.91 Å². The standard InChI is InChI=1S/C22H25ClN2O2/c23-20-12-4-10-18(15-20)22(27)25-14-6-11-19(16-25)21(26)24-13-5-9-17-7-2-1-3-8-17/h1-4,7-8,10,12,15,19H,5-6,9,11,13-14,16H2,(H,24,26). The molecular formula is C22H25ClN2O2. The lowest BCUT2D eigenvalue weighted by molar-refractivity contribution is -0.126. The number of likely N-dealkylation sites (tertiary alicyclic amines) is 1. The van der Waals surface area contributed by atoms with E-state index in [4.69, 9.17) is 11.6 Å². The van der Waals surface area contributed by atoms with Gasteiger partial charge in [-0.05, 0) is 49.4 Å². The van der Waals surface area contributed by atoms with Crippen molar-refractivity contribution in [3.05, 3.63) is 70.7 Å². The molecule has 1 aliphatic heterocycles. The lowest BCUT2D eigenvalue weighted by Gasteiger charge is -2.32. The molecule has 0 bridgehead atoms. The minimum atomic E-state index is -0.140. The van der Waals surface area contributed by atoms with E-state index in [2.05, 4.69) is 17.4 Å². The van der Waals surface area contributed by atoms with Crippen molar-refractivity contribution in [1.29, 1.82) is 0 Å². The van der Waals surface area contributed by atoms with Crippen molar-refractivity contribution in [1.82, 2.24) is 10.2 Å². The van der Waals surface area contributed by atoms with Crippen LogP contribution in [0.1, 0.15) is 35.2 Å². The summed E-state index contributed by atoms with van der Waals surface area (Å²) in [5.74, 6) is -0.149. The molecule has 142 valence electrons. The zero-order chi connectivity index (χ0) is 19.1. The molecule has 1 unspecified atom stereocenters. The predicted octanol–water partition coefficient (Wildman–Crippen LogP) is 3.94. The SMILES string of the molecule is O=C(NCCCc1ccccc1)C1CCCN(C(=O)c2cccc(Cl)c2)C1. The maximum atomic E-state index is 12.7. The number of amides is 2. The number of nitrogens with one attached hydrogen (secondary N) is 1. The van der Waals surface area contributed by atoms with E-state index in [1.165, 1.54) is 5.56 Å². The monoisotopic (exact) mass is 384 g/mol. The van der Waals surface area contributed by atoms with Gasteiger partial charge in [0.05, 0.1) is 5.92 Å². The number of piperidine rings is 1. The number of hydrogen-bond donors (Lipinski definition) is 1. The van der Waals surface area contributed by atoms with Crippen LogP contribution in [0.2, 0.25) is 5.02 Å². The molecule has 0 aromatic heterocycles. The number of nitrogens with zero attached hydrogens (tertiary/aromatic N) is 1. The maximum Gasteiger partial charge on any atom is 0.253 e. The Bertz CT molecular complexity index is 779. The lowest BCUT2D eigenvalue weighted by atomic mass is 9.96. The van der Waals surface area contributed by atoms with Crippen molar-refractivity contribution in [2.45, 2.75) is 25.7 Å². The first-order valence-electron chi connectivity index (χ1n) is 9.50. The highest BCUT2D eigenvalue weighted by Gasteiger charge is 2.28. The fourth-order valence-electron chi connectivity index (χ4n) is 3.47. The van der Waals surface area contributed by atoms with Gasteiger partial charge in [0.25, 0.3) is 5.91 Å². The summed E-state index contributed by atoms with van der Waals surface area (Å²) in [5, 5.41) is 3.58. The third-order valence-corrected chi connectivity index (χ3v) is 5.17. The van der Waals surface area contributed by atoms with Gasteiger partial charge in [-0.15, -0.1) is 0 Å². The summed E-state index contributed by atoms with van der Waals surface area (Å²) in [7, 11) is 0. The summed E-state index contributed by atoms with van der Waals surface area (Å²) >= 11 is 5.99. The lowest BCUT2D eigenvalue weighted by Crippen LogP contribution is -2.45. The first kappa shape index (κ1) is 19.4. The van der Waals surface area contributed by atoms with Crippen LogP contribution in [0.4, 0.5) is 0 Å². The number of carbonyl (C=O) groups is 2. The summed E-state index contributed by atoms with van der Waals surface area (Å²) in [4.78, 5) is 26.9. The third-order valence-electron chi connectivity index (χ3n) is 4.94. The Labute approximate surface area is 165 Å². The molecule has 1 atom stereocenters. The number of hydrogen-bond acceptors (Lipinski definition) is 2. The normalized spacial score (nSPS) is 16.8. The topological polar surface area (TPSA) is 49.4 Å². The van der Waals surface area contributed by atoms with Gasteiger partial charge in [-0.25, -0.2) is 0 Å². The molecule has 2 aromatic carbocycles. The summed E-state index contributed by atoms with van der Waals surface area (Å²) in [6.45, 7) is 1.81. The first-order valence-corrected chi connectivity index (χ1v) is 9.88. The zero-order valence-corrected chi connectivity index (χ0v) is 16.1. The maximum absolute atomic E-state index is 12.7. The van der Waals surface area contributed by atoms with Gasteiger partial charge in [0.1, 0.15) is 0 Å². The highest BCUT2D eigenvalue weighted by atomic mass is 35.5. The van der Waals surface area contributed by atoms with Crippen molar-refractivity contribution in [2.75, 3.05) is 19.6 Å². The molecular weight excluding hydrogens is 360 g/mol. The Morgan fingerprint density at radius 3 is 2.70 bits per heavy atom. The predicted molar refractivity (Wildman–Crippen MR) is 108 cm³/mol. The largest absolute Gasteiger partial charge is 0.356 e. The molecule has 1 fully saturated rings. The average Bonchev–Trinajstić information content (AvgIpc) is 2.71. The fraction of sp³-hybridized carbons (Fsp3) is 0.364. The highest BCUT2D eigenvalue weighted by molar-refractivity contribution is 6.30. The summed E-state index contributed by atoms with van der Waals surface area (Å²) in [6, 6.07) is 17.2. The van der Waals surface area contributed by atoms with Gasteiger partial charge < -0.3 is 10.2 Å². The van der Waals surface area contributed by atoms with Crippen LogP contribution in [0.15, 0.2) is 54.6 Å². The van der Waals surface area contributed by atoms with Crippen molar-refractivity contribution >= 4 is 23.4 Å². The second kappa shape index (κ2) is 9.56. The van der Waals surface area contributed by atoms with Crippen LogP contribution in [0.5, 0.6) is 0 Å². The van der Waals surface area contributed by atoms with Gasteiger partial charge in [-0.2, -0.15) is 0 Å². The average molecular weight is 385 g/mol. The molecule has 1 heterocycles. The van der Waals surface area contributed by atoms with E-state index in [-0.39, 0.29) is 17.7 Å². The Balaban J connectivity index is 1.47. The van der Waals surface area contributed by atoms with Crippen molar-refractivity contribution in [3.63, 3.8) is 0 Å². The quantitative estimate of drug-likeness (QED) is 0.767.